The Bertz CT molecular complexity index is 354. The maximum Gasteiger partial charge on any atom is 0.00557 e. The smallest absolute Gasteiger partial charge is 0.00557 e. The topological polar surface area (TPSA) is 3.24 Å². The third-order valence-corrected chi connectivity index (χ3v) is 3.58. The van der Waals surface area contributed by atoms with Crippen LogP contribution in [0.4, 0.5) is 0 Å². The predicted octanol–water partition coefficient (Wildman–Crippen LogP) is 4.29. The molecule has 0 heterocycles. The maximum absolute atomic E-state index is 2.27. The molecule has 0 aliphatic heterocycles. The van der Waals surface area contributed by atoms with E-state index in [0.29, 0.717) is 0 Å². The molecule has 0 saturated heterocycles. The first-order chi connectivity index (χ1) is 7.47. The van der Waals surface area contributed by atoms with Crippen LogP contribution in [0, 0.1) is 0 Å². The molecule has 0 N–H and O–H groups in total. The van der Waals surface area contributed by atoms with Crippen molar-refractivity contribution in [2.75, 3.05) is 14.1 Å². The Balaban J connectivity index is 3.07. The van der Waals surface area contributed by atoms with Crippen molar-refractivity contribution >= 4 is 0 Å². The normalized spacial score (nSPS) is 18.2. The van der Waals surface area contributed by atoms with E-state index in [9.17, 15) is 0 Å². The molecule has 1 aliphatic carbocycles. The van der Waals surface area contributed by atoms with Crippen LogP contribution >= 0.6 is 0 Å². The second-order valence-corrected chi connectivity index (χ2v) is 4.96. The highest BCUT2D eigenvalue weighted by atomic mass is 15.0. The highest BCUT2D eigenvalue weighted by molar-refractivity contribution is 5.47. The fourth-order valence-electron chi connectivity index (χ4n) is 2.54. The van der Waals surface area contributed by atoms with Crippen LogP contribution in [-0.2, 0) is 0 Å². The van der Waals surface area contributed by atoms with Crippen LogP contribution in [0.15, 0.2) is 34.1 Å². The lowest BCUT2D eigenvalue weighted by molar-refractivity contribution is 0.558. The van der Waals surface area contributed by atoms with E-state index in [1.165, 1.54) is 36.0 Å². The van der Waals surface area contributed by atoms with Crippen LogP contribution in [-0.4, -0.2) is 19.0 Å². The molecule has 0 amide bonds. The zero-order valence-electron chi connectivity index (χ0n) is 11.6. The highest BCUT2D eigenvalue weighted by Gasteiger charge is 2.15. The van der Waals surface area contributed by atoms with Gasteiger partial charge in [-0.15, -0.1) is 0 Å². The summed E-state index contributed by atoms with van der Waals surface area (Å²) in [7, 11) is 4.17. The maximum atomic E-state index is 2.27. The van der Waals surface area contributed by atoms with Crippen molar-refractivity contribution in [1.29, 1.82) is 0 Å². The third kappa shape index (κ3) is 2.78. The summed E-state index contributed by atoms with van der Waals surface area (Å²) in [6.45, 7) is 9.03. The molecule has 0 aromatic rings. The molecule has 0 aromatic heterocycles. The molecule has 0 radical (unpaired) electrons. The lowest BCUT2D eigenvalue weighted by Crippen LogP contribution is -2.07. The van der Waals surface area contributed by atoms with Crippen molar-refractivity contribution in [3.8, 4) is 0 Å². The van der Waals surface area contributed by atoms with E-state index in [1.54, 1.807) is 11.1 Å². The Morgan fingerprint density at radius 3 is 2.31 bits per heavy atom. The van der Waals surface area contributed by atoms with E-state index in [2.05, 4.69) is 52.9 Å². The van der Waals surface area contributed by atoms with Crippen molar-refractivity contribution in [1.82, 2.24) is 4.90 Å². The molecule has 16 heavy (non-hydrogen) atoms. The van der Waals surface area contributed by atoms with Gasteiger partial charge in [-0.2, -0.15) is 0 Å². The van der Waals surface area contributed by atoms with Gasteiger partial charge in [-0.3, -0.25) is 0 Å². The molecule has 0 saturated carbocycles. The van der Waals surface area contributed by atoms with E-state index < -0.39 is 0 Å². The summed E-state index contributed by atoms with van der Waals surface area (Å²) >= 11 is 0. The fraction of sp³-hybridized carbons (Fsp3) is 0.600. The minimum absolute atomic E-state index is 1.20. The first kappa shape index (κ1) is 13.1. The first-order valence-electron chi connectivity index (χ1n) is 6.21. The highest BCUT2D eigenvalue weighted by Crippen LogP contribution is 2.34. The number of rotatable bonds is 3. The summed E-state index contributed by atoms with van der Waals surface area (Å²) in [5.41, 5.74) is 7.62. The van der Waals surface area contributed by atoms with Gasteiger partial charge in [0.05, 0.1) is 0 Å². The molecule has 0 fully saturated rings. The Labute approximate surface area is 101 Å². The number of allylic oxidation sites excluding steroid dienone is 5. The summed E-state index contributed by atoms with van der Waals surface area (Å²) in [5.74, 6) is 0. The lowest BCUT2D eigenvalue weighted by Gasteiger charge is -2.23. The van der Waals surface area contributed by atoms with E-state index in [4.69, 9.17) is 0 Å². The van der Waals surface area contributed by atoms with E-state index in [-0.39, 0.29) is 0 Å². The Morgan fingerprint density at radius 1 is 1.19 bits per heavy atom. The summed E-state index contributed by atoms with van der Waals surface area (Å²) in [4.78, 5) is 2.13. The molecule has 0 bridgehead atoms. The van der Waals surface area contributed by atoms with Crippen molar-refractivity contribution in [3.63, 3.8) is 0 Å². The van der Waals surface area contributed by atoms with Gasteiger partial charge in [-0.05, 0) is 62.3 Å². The number of hydrogen-bond acceptors (Lipinski definition) is 1. The third-order valence-electron chi connectivity index (χ3n) is 3.58. The molecule has 90 valence electrons. The zero-order chi connectivity index (χ0) is 12.3. The Hall–Kier alpha value is -0.980. The average Bonchev–Trinajstić information content (AvgIpc) is 2.20. The van der Waals surface area contributed by atoms with E-state index in [0.717, 1.165) is 0 Å². The van der Waals surface area contributed by atoms with Gasteiger partial charge < -0.3 is 4.90 Å². The van der Waals surface area contributed by atoms with Crippen molar-refractivity contribution in [2.45, 2.75) is 47.0 Å². The fourth-order valence-corrected chi connectivity index (χ4v) is 2.54. The van der Waals surface area contributed by atoms with Crippen LogP contribution in [0.1, 0.15) is 47.0 Å². The summed E-state index contributed by atoms with van der Waals surface area (Å²) in [6.07, 6.45) is 5.88. The van der Waals surface area contributed by atoms with Crippen molar-refractivity contribution in [2.24, 2.45) is 0 Å². The van der Waals surface area contributed by atoms with Gasteiger partial charge in [0.25, 0.3) is 0 Å². The molecule has 0 aromatic carbocycles. The SMILES string of the molecule is CCC1=C(C)C(C)=C(/C(C)=C/N(C)C)CC1. The van der Waals surface area contributed by atoms with Gasteiger partial charge in [-0.25, -0.2) is 0 Å². The Kier molecular flexibility index (Phi) is 4.40. The van der Waals surface area contributed by atoms with Gasteiger partial charge in [0, 0.05) is 20.3 Å². The monoisotopic (exact) mass is 219 g/mol. The second-order valence-electron chi connectivity index (χ2n) is 4.96. The molecule has 1 heteroatoms. The van der Waals surface area contributed by atoms with Gasteiger partial charge >= 0.3 is 0 Å². The van der Waals surface area contributed by atoms with Crippen LogP contribution in [0.2, 0.25) is 0 Å². The molecule has 1 nitrogen and oxygen atoms in total. The summed E-state index contributed by atoms with van der Waals surface area (Å²) in [5, 5.41) is 0. The summed E-state index contributed by atoms with van der Waals surface area (Å²) < 4.78 is 0. The van der Waals surface area contributed by atoms with Crippen LogP contribution in [0.3, 0.4) is 0 Å². The lowest BCUT2D eigenvalue weighted by atomic mass is 9.83. The largest absolute Gasteiger partial charge is 0.383 e. The quantitative estimate of drug-likeness (QED) is 0.684. The average molecular weight is 219 g/mol. The molecule has 1 aliphatic rings. The standard InChI is InChI=1S/C15H25N/c1-7-14-8-9-15(13(4)12(14)3)11(2)10-16(5)6/h10H,7-9H2,1-6H3/b11-10+. The molecule has 0 atom stereocenters. The van der Waals surface area contributed by atoms with Crippen LogP contribution in [0.25, 0.3) is 0 Å². The van der Waals surface area contributed by atoms with Gasteiger partial charge in [-0.1, -0.05) is 12.5 Å². The van der Waals surface area contributed by atoms with Gasteiger partial charge in [0.15, 0.2) is 0 Å². The van der Waals surface area contributed by atoms with Crippen molar-refractivity contribution in [3.05, 3.63) is 34.1 Å². The number of hydrogen-bond donors (Lipinski definition) is 0. The predicted molar refractivity (Wildman–Crippen MR) is 72.4 cm³/mol. The molecule has 0 spiro atoms. The van der Waals surface area contributed by atoms with Gasteiger partial charge in [0.1, 0.15) is 0 Å². The second kappa shape index (κ2) is 5.38. The molecular formula is C15H25N. The van der Waals surface area contributed by atoms with Crippen LogP contribution in [0.5, 0.6) is 0 Å². The van der Waals surface area contributed by atoms with E-state index in [1.807, 2.05) is 0 Å². The minimum Gasteiger partial charge on any atom is -0.383 e. The van der Waals surface area contributed by atoms with E-state index >= 15 is 0 Å². The first-order valence-corrected chi connectivity index (χ1v) is 6.21. The van der Waals surface area contributed by atoms with Gasteiger partial charge in [0.2, 0.25) is 0 Å². The van der Waals surface area contributed by atoms with Crippen LogP contribution < -0.4 is 0 Å². The zero-order valence-corrected chi connectivity index (χ0v) is 11.6. The molecular weight excluding hydrogens is 194 g/mol. The Morgan fingerprint density at radius 2 is 1.81 bits per heavy atom. The summed E-state index contributed by atoms with van der Waals surface area (Å²) in [6, 6.07) is 0. The molecule has 1 rings (SSSR count). The van der Waals surface area contributed by atoms with Crippen molar-refractivity contribution < 1.29 is 0 Å². The minimum atomic E-state index is 1.20. The number of nitrogens with zero attached hydrogens (tertiary/aromatic N) is 1. The molecule has 0 unspecified atom stereocenters.